The minimum Gasteiger partial charge on any atom is -0.494 e. The largest absolute Gasteiger partial charge is 0.494 e. The van der Waals surface area contributed by atoms with E-state index < -0.39 is 0 Å². The van der Waals surface area contributed by atoms with Crippen LogP contribution >= 0.6 is 23.2 Å². The average molecular weight is 395 g/mol. The number of aromatic nitrogens is 1. The summed E-state index contributed by atoms with van der Waals surface area (Å²) in [4.78, 5) is 15.2. The first-order valence-corrected chi connectivity index (χ1v) is 8.85. The lowest BCUT2D eigenvalue weighted by atomic mass is 10.2. The Kier molecular flexibility index (Phi) is 7.30. The summed E-state index contributed by atoms with van der Waals surface area (Å²) in [6, 6.07) is 6.77. The number of carbonyl (C=O) groups excluding carboxylic acids is 1. The Morgan fingerprint density at radius 3 is 2.69 bits per heavy atom. The number of hydrogen-bond donors (Lipinski definition) is 1. The number of pyridine rings is 1. The van der Waals surface area contributed by atoms with Crippen LogP contribution in [-0.4, -0.2) is 23.5 Å². The molecule has 1 atom stereocenters. The van der Waals surface area contributed by atoms with Gasteiger partial charge in [0.2, 0.25) is 11.8 Å². The van der Waals surface area contributed by atoms with Gasteiger partial charge in [0.1, 0.15) is 16.5 Å². The third kappa shape index (κ3) is 5.93. The van der Waals surface area contributed by atoms with Crippen molar-refractivity contribution in [1.29, 1.82) is 0 Å². The predicted molar refractivity (Wildman–Crippen MR) is 104 cm³/mol. The second-order valence-electron chi connectivity index (χ2n) is 5.53. The first-order valence-electron chi connectivity index (χ1n) is 8.10. The van der Waals surface area contributed by atoms with Crippen molar-refractivity contribution in [3.63, 3.8) is 0 Å². The molecule has 138 valence electrons. The summed E-state index contributed by atoms with van der Waals surface area (Å²) in [5, 5.41) is 3.52. The van der Waals surface area contributed by atoms with E-state index in [0.717, 1.165) is 5.56 Å². The van der Waals surface area contributed by atoms with Crippen molar-refractivity contribution in [2.24, 2.45) is 0 Å². The molecule has 0 bridgehead atoms. The number of carbonyl (C=O) groups is 1. The highest BCUT2D eigenvalue weighted by molar-refractivity contribution is 6.32. The van der Waals surface area contributed by atoms with Gasteiger partial charge in [-0.15, -0.1) is 0 Å². The minimum atomic E-state index is -0.0927. The van der Waals surface area contributed by atoms with Crippen molar-refractivity contribution in [3.05, 3.63) is 52.1 Å². The van der Waals surface area contributed by atoms with Crippen LogP contribution in [0.15, 0.2) is 36.5 Å². The molecule has 1 aromatic heterocycles. The Labute approximate surface area is 162 Å². The van der Waals surface area contributed by atoms with Gasteiger partial charge in [-0.05, 0) is 37.6 Å². The summed E-state index contributed by atoms with van der Waals surface area (Å²) in [6.07, 6.45) is 5.30. The molecule has 1 N–H and O–H groups in total. The van der Waals surface area contributed by atoms with E-state index in [9.17, 15) is 4.79 Å². The fourth-order valence-electron chi connectivity index (χ4n) is 2.16. The number of ether oxygens (including phenoxy) is 2. The van der Waals surface area contributed by atoms with E-state index in [2.05, 4.69) is 10.3 Å². The molecule has 7 heteroatoms. The summed E-state index contributed by atoms with van der Waals surface area (Å²) >= 11 is 12.5. The Bertz CT molecular complexity index is 809. The van der Waals surface area contributed by atoms with Gasteiger partial charge in [-0.1, -0.05) is 35.4 Å². The van der Waals surface area contributed by atoms with Gasteiger partial charge in [0.05, 0.1) is 11.6 Å². The summed E-state index contributed by atoms with van der Waals surface area (Å²) in [6.45, 7) is 5.80. The highest BCUT2D eigenvalue weighted by Crippen LogP contribution is 2.34. The van der Waals surface area contributed by atoms with Crippen LogP contribution in [0.3, 0.4) is 0 Å². The molecule has 0 aliphatic heterocycles. The maximum absolute atomic E-state index is 11.0. The highest BCUT2D eigenvalue weighted by atomic mass is 35.5. The van der Waals surface area contributed by atoms with Gasteiger partial charge in [-0.25, -0.2) is 4.98 Å². The third-order valence-corrected chi connectivity index (χ3v) is 3.82. The smallest absolute Gasteiger partial charge is 0.238 e. The third-order valence-electron chi connectivity index (χ3n) is 3.26. The second-order valence-corrected chi connectivity index (χ2v) is 6.35. The van der Waals surface area contributed by atoms with E-state index in [4.69, 9.17) is 32.7 Å². The molecule has 0 fully saturated rings. The van der Waals surface area contributed by atoms with Gasteiger partial charge in [-0.2, -0.15) is 0 Å². The van der Waals surface area contributed by atoms with Crippen LogP contribution in [0.1, 0.15) is 26.3 Å². The van der Waals surface area contributed by atoms with Crippen molar-refractivity contribution < 1.29 is 14.3 Å². The van der Waals surface area contributed by atoms with Crippen molar-refractivity contribution >= 4 is 35.2 Å². The zero-order chi connectivity index (χ0) is 19.1. The summed E-state index contributed by atoms with van der Waals surface area (Å²) in [7, 11) is 0. The number of halogens is 2. The highest BCUT2D eigenvalue weighted by Gasteiger charge is 2.10. The Balaban J connectivity index is 2.10. The standard InChI is InChI=1S/C19H20Cl2N2O3/c1-4-25-15-7-8-18(16(20)10-15)26-19-17(21)9-14(11-22-19)6-5-12(2)23-13(3)24/h5-12H,4H2,1-3H3,(H,23,24)/b6-5+/t12-/m0/s1. The van der Waals surface area contributed by atoms with Crippen LogP contribution in [0.4, 0.5) is 0 Å². The topological polar surface area (TPSA) is 60.5 Å². The van der Waals surface area contributed by atoms with Gasteiger partial charge >= 0.3 is 0 Å². The van der Waals surface area contributed by atoms with E-state index in [1.807, 2.05) is 26.0 Å². The number of nitrogens with zero attached hydrogens (tertiary/aromatic N) is 1. The molecule has 0 radical (unpaired) electrons. The molecule has 2 aromatic rings. The first kappa shape index (κ1) is 20.1. The Hall–Kier alpha value is -2.24. The fraction of sp³-hybridized carbons (Fsp3) is 0.263. The Morgan fingerprint density at radius 2 is 2.08 bits per heavy atom. The molecule has 0 saturated carbocycles. The maximum atomic E-state index is 11.0. The molecule has 5 nitrogen and oxygen atoms in total. The van der Waals surface area contributed by atoms with Crippen LogP contribution in [0, 0.1) is 0 Å². The van der Waals surface area contributed by atoms with E-state index in [0.29, 0.717) is 28.2 Å². The van der Waals surface area contributed by atoms with Crippen molar-refractivity contribution in [2.45, 2.75) is 26.8 Å². The molecule has 1 amide bonds. The molecule has 0 unspecified atom stereocenters. The molecule has 0 saturated heterocycles. The molecule has 0 aliphatic rings. The summed E-state index contributed by atoms with van der Waals surface area (Å²) in [5.74, 6) is 1.27. The minimum absolute atomic E-state index is 0.0886. The number of hydrogen-bond acceptors (Lipinski definition) is 4. The van der Waals surface area contributed by atoms with Crippen LogP contribution in [0.5, 0.6) is 17.4 Å². The van der Waals surface area contributed by atoms with Gasteiger partial charge in [-0.3, -0.25) is 4.79 Å². The number of benzene rings is 1. The van der Waals surface area contributed by atoms with Gasteiger partial charge < -0.3 is 14.8 Å². The van der Waals surface area contributed by atoms with Crippen LogP contribution < -0.4 is 14.8 Å². The van der Waals surface area contributed by atoms with E-state index >= 15 is 0 Å². The quantitative estimate of drug-likeness (QED) is 0.707. The Morgan fingerprint density at radius 1 is 1.31 bits per heavy atom. The van der Waals surface area contributed by atoms with Gasteiger partial charge in [0.25, 0.3) is 0 Å². The number of rotatable bonds is 7. The van der Waals surface area contributed by atoms with Crippen molar-refractivity contribution in [3.8, 4) is 17.4 Å². The second kappa shape index (κ2) is 9.46. The molecular formula is C19H20Cl2N2O3. The van der Waals surface area contributed by atoms with Crippen LogP contribution in [-0.2, 0) is 4.79 Å². The summed E-state index contributed by atoms with van der Waals surface area (Å²) in [5.41, 5.74) is 0.789. The zero-order valence-electron chi connectivity index (χ0n) is 14.8. The molecule has 26 heavy (non-hydrogen) atoms. The van der Waals surface area contributed by atoms with E-state index in [1.165, 1.54) is 6.92 Å². The maximum Gasteiger partial charge on any atom is 0.238 e. The summed E-state index contributed by atoms with van der Waals surface area (Å²) < 4.78 is 11.1. The van der Waals surface area contributed by atoms with Crippen molar-refractivity contribution in [1.82, 2.24) is 10.3 Å². The first-order chi connectivity index (χ1) is 12.4. The number of amides is 1. The monoisotopic (exact) mass is 394 g/mol. The van der Waals surface area contributed by atoms with Crippen LogP contribution in [0.25, 0.3) is 6.08 Å². The van der Waals surface area contributed by atoms with Crippen molar-refractivity contribution in [2.75, 3.05) is 6.61 Å². The molecule has 0 aliphatic carbocycles. The van der Waals surface area contributed by atoms with E-state index in [-0.39, 0.29) is 17.8 Å². The lowest BCUT2D eigenvalue weighted by Crippen LogP contribution is -2.28. The van der Waals surface area contributed by atoms with Gasteiger partial charge in [0, 0.05) is 25.2 Å². The van der Waals surface area contributed by atoms with Gasteiger partial charge in [0.15, 0.2) is 0 Å². The number of nitrogens with one attached hydrogen (secondary N) is 1. The lowest BCUT2D eigenvalue weighted by Gasteiger charge is -2.10. The normalized spacial score (nSPS) is 12.0. The molecule has 1 heterocycles. The lowest BCUT2D eigenvalue weighted by molar-refractivity contribution is -0.119. The predicted octanol–water partition coefficient (Wildman–Crippen LogP) is 5.12. The molecular weight excluding hydrogens is 375 g/mol. The van der Waals surface area contributed by atoms with Crippen LogP contribution in [0.2, 0.25) is 10.0 Å². The zero-order valence-corrected chi connectivity index (χ0v) is 16.3. The molecule has 0 spiro atoms. The average Bonchev–Trinajstić information content (AvgIpc) is 2.57. The molecule has 1 aromatic carbocycles. The fourth-order valence-corrected chi connectivity index (χ4v) is 2.58. The van der Waals surface area contributed by atoms with E-state index in [1.54, 1.807) is 30.5 Å². The SMILES string of the molecule is CCOc1ccc(Oc2ncc(/C=C/[C@H](C)NC(C)=O)cc2Cl)c(Cl)c1. The molecule has 2 rings (SSSR count).